The van der Waals surface area contributed by atoms with Gasteiger partial charge in [-0.1, -0.05) is 13.0 Å². The lowest BCUT2D eigenvalue weighted by Crippen LogP contribution is -2.38. The molecule has 1 rings (SSSR count). The third-order valence-corrected chi connectivity index (χ3v) is 3.64. The molecule has 5 heteroatoms. The van der Waals surface area contributed by atoms with Gasteiger partial charge >= 0.3 is 0 Å². The van der Waals surface area contributed by atoms with E-state index in [-0.39, 0.29) is 11.8 Å². The van der Waals surface area contributed by atoms with Crippen molar-refractivity contribution in [1.82, 2.24) is 4.90 Å². The Morgan fingerprint density at radius 1 is 1.57 bits per heavy atom. The molecule has 82 valence electrons. The van der Waals surface area contributed by atoms with Crippen molar-refractivity contribution in [2.45, 2.75) is 25.3 Å². The van der Waals surface area contributed by atoms with Crippen LogP contribution in [0.1, 0.15) is 19.3 Å². The highest BCUT2D eigenvalue weighted by molar-refractivity contribution is 8.13. The molecular formula is C9H16ClNO2S. The van der Waals surface area contributed by atoms with E-state index in [1.54, 1.807) is 0 Å². The van der Waals surface area contributed by atoms with Gasteiger partial charge < -0.3 is 0 Å². The predicted molar refractivity (Wildman–Crippen MR) is 59.0 cm³/mol. The van der Waals surface area contributed by atoms with E-state index in [1.807, 2.05) is 7.05 Å². The molecule has 1 atom stereocenters. The van der Waals surface area contributed by atoms with Crippen molar-refractivity contribution in [1.29, 1.82) is 0 Å². The van der Waals surface area contributed by atoms with Gasteiger partial charge in [0.2, 0.25) is 9.05 Å². The van der Waals surface area contributed by atoms with E-state index < -0.39 is 9.05 Å². The molecule has 1 saturated heterocycles. The standard InChI is InChI=1S/C9H16ClNO2S/c1-8(7-14(10,12)13)9-5-3-4-6-11(9)2/h9H,1,3-7H2,2H3. The van der Waals surface area contributed by atoms with Crippen LogP contribution < -0.4 is 0 Å². The van der Waals surface area contributed by atoms with Crippen LogP contribution in [0.4, 0.5) is 0 Å². The molecule has 0 radical (unpaired) electrons. The smallest absolute Gasteiger partial charge is 0.236 e. The Morgan fingerprint density at radius 3 is 2.71 bits per heavy atom. The van der Waals surface area contributed by atoms with Crippen molar-refractivity contribution in [2.24, 2.45) is 0 Å². The third kappa shape index (κ3) is 3.59. The van der Waals surface area contributed by atoms with Gasteiger partial charge in [-0.15, -0.1) is 0 Å². The van der Waals surface area contributed by atoms with Gasteiger partial charge in [-0.25, -0.2) is 8.42 Å². The van der Waals surface area contributed by atoms with Crippen LogP contribution in [0.3, 0.4) is 0 Å². The number of likely N-dealkylation sites (tertiary alicyclic amines) is 1. The first-order valence-corrected chi connectivity index (χ1v) is 7.18. The van der Waals surface area contributed by atoms with Crippen LogP contribution in [0.5, 0.6) is 0 Å². The molecule has 1 fully saturated rings. The summed E-state index contributed by atoms with van der Waals surface area (Å²) in [7, 11) is 3.73. The molecule has 1 unspecified atom stereocenters. The minimum absolute atomic E-state index is 0.108. The molecule has 1 aliphatic rings. The molecule has 0 saturated carbocycles. The second kappa shape index (κ2) is 4.64. The Morgan fingerprint density at radius 2 is 2.21 bits per heavy atom. The Bertz CT molecular complexity index is 313. The lowest BCUT2D eigenvalue weighted by atomic mass is 9.98. The lowest BCUT2D eigenvalue weighted by Gasteiger charge is -2.33. The van der Waals surface area contributed by atoms with Crippen LogP contribution in [0.15, 0.2) is 12.2 Å². The Labute approximate surface area is 90.2 Å². The number of rotatable bonds is 3. The molecule has 14 heavy (non-hydrogen) atoms. The molecule has 0 amide bonds. The fourth-order valence-corrected chi connectivity index (χ4v) is 2.96. The van der Waals surface area contributed by atoms with Gasteiger partial charge in [0.05, 0.1) is 5.75 Å². The van der Waals surface area contributed by atoms with Gasteiger partial charge in [-0.3, -0.25) is 4.90 Å². The average molecular weight is 238 g/mol. The first-order chi connectivity index (χ1) is 6.40. The summed E-state index contributed by atoms with van der Waals surface area (Å²) >= 11 is 0. The van der Waals surface area contributed by atoms with Crippen LogP contribution in [0, 0.1) is 0 Å². The van der Waals surface area contributed by atoms with Crippen molar-refractivity contribution < 1.29 is 8.42 Å². The monoisotopic (exact) mass is 237 g/mol. The Kier molecular flexibility index (Phi) is 3.98. The van der Waals surface area contributed by atoms with E-state index >= 15 is 0 Å². The summed E-state index contributed by atoms with van der Waals surface area (Å²) in [5, 5.41) is 0. The molecule has 1 heterocycles. The van der Waals surface area contributed by atoms with E-state index in [0.717, 1.165) is 19.4 Å². The fourth-order valence-electron chi connectivity index (χ4n) is 1.91. The molecule has 0 aromatic heterocycles. The molecular weight excluding hydrogens is 222 g/mol. The molecule has 0 N–H and O–H groups in total. The molecule has 0 spiro atoms. The number of nitrogens with zero attached hydrogens (tertiary/aromatic N) is 1. The topological polar surface area (TPSA) is 37.4 Å². The third-order valence-electron chi connectivity index (χ3n) is 2.60. The van der Waals surface area contributed by atoms with E-state index in [4.69, 9.17) is 10.7 Å². The van der Waals surface area contributed by atoms with Gasteiger partial charge in [0.15, 0.2) is 0 Å². The summed E-state index contributed by atoms with van der Waals surface area (Å²) < 4.78 is 21.8. The largest absolute Gasteiger partial charge is 0.300 e. The van der Waals surface area contributed by atoms with Crippen molar-refractivity contribution in [3.8, 4) is 0 Å². The summed E-state index contributed by atoms with van der Waals surface area (Å²) in [6.45, 7) is 4.81. The minimum Gasteiger partial charge on any atom is -0.300 e. The fraction of sp³-hybridized carbons (Fsp3) is 0.778. The first kappa shape index (κ1) is 12.0. The van der Waals surface area contributed by atoms with Gasteiger partial charge in [-0.2, -0.15) is 0 Å². The van der Waals surface area contributed by atoms with E-state index in [1.165, 1.54) is 6.42 Å². The van der Waals surface area contributed by atoms with Gasteiger partial charge in [0.25, 0.3) is 0 Å². The van der Waals surface area contributed by atoms with Crippen LogP contribution in [0.2, 0.25) is 0 Å². The SMILES string of the molecule is C=C(CS(=O)(=O)Cl)C1CCCCN1C. The maximum Gasteiger partial charge on any atom is 0.236 e. The van der Waals surface area contributed by atoms with Crippen LogP contribution in [0.25, 0.3) is 0 Å². The number of likely N-dealkylation sites (N-methyl/N-ethyl adjacent to an activating group) is 1. The van der Waals surface area contributed by atoms with Crippen molar-refractivity contribution in [2.75, 3.05) is 19.3 Å². The van der Waals surface area contributed by atoms with Crippen molar-refractivity contribution in [3.63, 3.8) is 0 Å². The van der Waals surface area contributed by atoms with E-state index in [9.17, 15) is 8.42 Å². The van der Waals surface area contributed by atoms with Crippen molar-refractivity contribution >= 4 is 19.7 Å². The van der Waals surface area contributed by atoms with E-state index in [2.05, 4.69) is 11.5 Å². The summed E-state index contributed by atoms with van der Waals surface area (Å²) in [5.41, 5.74) is 0.710. The van der Waals surface area contributed by atoms with Gasteiger partial charge in [-0.05, 0) is 32.0 Å². The van der Waals surface area contributed by atoms with Gasteiger partial charge in [0.1, 0.15) is 0 Å². The van der Waals surface area contributed by atoms with Crippen LogP contribution >= 0.6 is 10.7 Å². The predicted octanol–water partition coefficient (Wildman–Crippen LogP) is 1.60. The Balaban J connectivity index is 2.59. The maximum atomic E-state index is 10.9. The maximum absolute atomic E-state index is 10.9. The quantitative estimate of drug-likeness (QED) is 0.553. The molecule has 1 aliphatic heterocycles. The summed E-state index contributed by atoms with van der Waals surface area (Å²) in [4.78, 5) is 2.15. The zero-order valence-electron chi connectivity index (χ0n) is 8.37. The Hall–Kier alpha value is -0.0600. The average Bonchev–Trinajstić information content (AvgIpc) is 2.01. The number of piperidine rings is 1. The second-order valence-electron chi connectivity index (χ2n) is 3.83. The lowest BCUT2D eigenvalue weighted by molar-refractivity contribution is 0.213. The highest BCUT2D eigenvalue weighted by Crippen LogP contribution is 2.22. The van der Waals surface area contributed by atoms with Crippen LogP contribution in [-0.4, -0.2) is 38.7 Å². The number of hydrogen-bond donors (Lipinski definition) is 0. The molecule has 0 aliphatic carbocycles. The molecule has 3 nitrogen and oxygen atoms in total. The highest BCUT2D eigenvalue weighted by Gasteiger charge is 2.23. The zero-order valence-corrected chi connectivity index (χ0v) is 9.94. The van der Waals surface area contributed by atoms with Crippen LogP contribution in [-0.2, 0) is 9.05 Å². The normalized spacial score (nSPS) is 24.9. The second-order valence-corrected chi connectivity index (χ2v) is 6.61. The zero-order chi connectivity index (χ0) is 10.8. The first-order valence-electron chi connectivity index (χ1n) is 4.70. The molecule has 0 aromatic rings. The molecule has 0 aromatic carbocycles. The van der Waals surface area contributed by atoms with E-state index in [0.29, 0.717) is 5.57 Å². The van der Waals surface area contributed by atoms with Crippen molar-refractivity contribution in [3.05, 3.63) is 12.2 Å². The summed E-state index contributed by atoms with van der Waals surface area (Å²) in [6.07, 6.45) is 3.30. The number of halogens is 1. The molecule has 0 bridgehead atoms. The van der Waals surface area contributed by atoms with Gasteiger partial charge in [0, 0.05) is 16.7 Å². The minimum atomic E-state index is -3.45. The summed E-state index contributed by atoms with van der Waals surface area (Å²) in [5.74, 6) is -0.108. The summed E-state index contributed by atoms with van der Waals surface area (Å²) in [6, 6.07) is 0.178. The highest BCUT2D eigenvalue weighted by atomic mass is 35.7. The number of hydrogen-bond acceptors (Lipinski definition) is 3.